The molecule has 3 heterocycles. The van der Waals surface area contributed by atoms with Crippen molar-refractivity contribution < 1.29 is 4.79 Å². The number of likely N-dealkylation sites (tertiary alicyclic amines) is 1. The minimum Gasteiger partial charge on any atom is -0.319 e. The molecular weight excluding hydrogens is 194 g/mol. The summed E-state index contributed by atoms with van der Waals surface area (Å²) in [5.74, 6) is 0.631. The molecule has 2 aliphatic heterocycles. The fourth-order valence-electron chi connectivity index (χ4n) is 2.41. The smallest absolute Gasteiger partial charge is 0.319 e. The van der Waals surface area contributed by atoms with E-state index in [-0.39, 0.29) is 6.03 Å². The molecule has 2 aliphatic rings. The maximum Gasteiger partial charge on any atom is 0.346 e. The van der Waals surface area contributed by atoms with Gasteiger partial charge in [-0.15, -0.1) is 0 Å². The van der Waals surface area contributed by atoms with Gasteiger partial charge in [0.2, 0.25) is 0 Å². The van der Waals surface area contributed by atoms with E-state index in [2.05, 4.69) is 15.4 Å². The molecule has 2 atom stereocenters. The minimum absolute atomic E-state index is 0.0457. The summed E-state index contributed by atoms with van der Waals surface area (Å²) in [5, 5.41) is 7.19. The molecule has 0 aromatic carbocycles. The van der Waals surface area contributed by atoms with Gasteiger partial charge in [-0.2, -0.15) is 9.78 Å². The third-order valence-corrected chi connectivity index (χ3v) is 3.26. The summed E-state index contributed by atoms with van der Waals surface area (Å²) in [6.45, 7) is 2.88. The molecule has 80 valence electrons. The first-order valence-corrected chi connectivity index (χ1v) is 5.22. The summed E-state index contributed by atoms with van der Waals surface area (Å²) in [7, 11) is 0. The van der Waals surface area contributed by atoms with Crippen molar-refractivity contribution in [3.63, 3.8) is 0 Å². The number of piperidine rings is 1. The number of nitrogens with zero attached hydrogens (tertiary/aromatic N) is 4. The second-order valence-electron chi connectivity index (χ2n) is 4.10. The number of aromatic nitrogens is 3. The fourth-order valence-corrected chi connectivity index (χ4v) is 2.41. The normalized spacial score (nSPS) is 29.5. The van der Waals surface area contributed by atoms with E-state index in [0.717, 1.165) is 26.1 Å². The number of carbonyl (C=O) groups is 1. The zero-order chi connectivity index (χ0) is 10.3. The number of fused-ring (bicyclic) bond motifs is 1. The molecule has 1 aromatic rings. The molecule has 2 saturated heterocycles. The van der Waals surface area contributed by atoms with Gasteiger partial charge in [-0.3, -0.25) is 0 Å². The Balaban J connectivity index is 1.72. The van der Waals surface area contributed by atoms with Crippen LogP contribution in [0.2, 0.25) is 0 Å². The van der Waals surface area contributed by atoms with Gasteiger partial charge in [-0.1, -0.05) is 0 Å². The van der Waals surface area contributed by atoms with Gasteiger partial charge in [0.15, 0.2) is 0 Å². The topological polar surface area (TPSA) is 63.1 Å². The van der Waals surface area contributed by atoms with Crippen molar-refractivity contribution in [2.75, 3.05) is 19.6 Å². The van der Waals surface area contributed by atoms with Crippen molar-refractivity contribution in [2.45, 2.75) is 12.5 Å². The SMILES string of the molecule is O=C(N1CC2CNCCC21)n1cncn1. The highest BCUT2D eigenvalue weighted by Crippen LogP contribution is 2.29. The molecule has 1 N–H and O–H groups in total. The first kappa shape index (κ1) is 8.84. The maximum absolute atomic E-state index is 11.9. The molecular formula is C9H13N5O. The molecule has 1 amide bonds. The van der Waals surface area contributed by atoms with E-state index < -0.39 is 0 Å². The van der Waals surface area contributed by atoms with Crippen LogP contribution in [0.5, 0.6) is 0 Å². The lowest BCUT2D eigenvalue weighted by Gasteiger charge is -2.50. The highest BCUT2D eigenvalue weighted by Gasteiger charge is 2.43. The molecule has 15 heavy (non-hydrogen) atoms. The monoisotopic (exact) mass is 207 g/mol. The van der Waals surface area contributed by atoms with Gasteiger partial charge in [0.1, 0.15) is 12.7 Å². The molecule has 2 fully saturated rings. The first-order chi connectivity index (χ1) is 7.36. The first-order valence-electron chi connectivity index (χ1n) is 5.22. The van der Waals surface area contributed by atoms with Gasteiger partial charge in [-0.05, 0) is 13.0 Å². The Morgan fingerprint density at radius 2 is 2.47 bits per heavy atom. The van der Waals surface area contributed by atoms with Crippen LogP contribution in [0.1, 0.15) is 6.42 Å². The lowest BCUT2D eigenvalue weighted by molar-refractivity contribution is 0.0282. The maximum atomic E-state index is 11.9. The van der Waals surface area contributed by atoms with E-state index in [1.807, 2.05) is 4.90 Å². The second kappa shape index (κ2) is 3.30. The Kier molecular flexibility index (Phi) is 1.95. The summed E-state index contributed by atoms with van der Waals surface area (Å²) in [6, 6.07) is 0.360. The highest BCUT2D eigenvalue weighted by atomic mass is 16.2. The van der Waals surface area contributed by atoms with Crippen molar-refractivity contribution in [1.82, 2.24) is 25.0 Å². The van der Waals surface area contributed by atoms with E-state index >= 15 is 0 Å². The predicted molar refractivity (Wildman–Crippen MR) is 52.3 cm³/mol. The Hall–Kier alpha value is -1.43. The van der Waals surface area contributed by atoms with Gasteiger partial charge in [0, 0.05) is 25.0 Å². The van der Waals surface area contributed by atoms with Gasteiger partial charge in [-0.25, -0.2) is 9.78 Å². The average Bonchev–Trinajstić information content (AvgIpc) is 2.72. The van der Waals surface area contributed by atoms with Crippen LogP contribution in [0, 0.1) is 5.92 Å². The molecule has 0 saturated carbocycles. The lowest BCUT2D eigenvalue weighted by Crippen LogP contribution is -2.65. The third kappa shape index (κ3) is 1.32. The number of hydrogen-bond donors (Lipinski definition) is 1. The Bertz CT molecular complexity index is 363. The molecule has 6 heteroatoms. The summed E-state index contributed by atoms with van der Waals surface area (Å²) < 4.78 is 1.30. The zero-order valence-electron chi connectivity index (χ0n) is 8.33. The third-order valence-electron chi connectivity index (χ3n) is 3.26. The molecule has 1 aromatic heterocycles. The second-order valence-corrected chi connectivity index (χ2v) is 4.10. The van der Waals surface area contributed by atoms with Gasteiger partial charge in [0.25, 0.3) is 0 Å². The number of amides is 1. The van der Waals surface area contributed by atoms with Crippen LogP contribution in [0.4, 0.5) is 4.79 Å². The number of nitrogens with one attached hydrogen (secondary N) is 1. The van der Waals surface area contributed by atoms with E-state index in [1.165, 1.54) is 17.3 Å². The molecule has 6 nitrogen and oxygen atoms in total. The number of hydrogen-bond acceptors (Lipinski definition) is 4. The zero-order valence-corrected chi connectivity index (χ0v) is 8.33. The molecule has 2 unspecified atom stereocenters. The van der Waals surface area contributed by atoms with Crippen molar-refractivity contribution in [1.29, 1.82) is 0 Å². The van der Waals surface area contributed by atoms with E-state index in [1.54, 1.807) is 0 Å². The van der Waals surface area contributed by atoms with E-state index in [9.17, 15) is 4.79 Å². The van der Waals surface area contributed by atoms with Crippen LogP contribution in [-0.2, 0) is 0 Å². The fraction of sp³-hybridized carbons (Fsp3) is 0.667. The van der Waals surface area contributed by atoms with Gasteiger partial charge < -0.3 is 10.2 Å². The summed E-state index contributed by atoms with van der Waals surface area (Å²) in [6.07, 6.45) is 3.89. The summed E-state index contributed by atoms with van der Waals surface area (Å²) >= 11 is 0. The molecule has 3 rings (SSSR count). The van der Waals surface area contributed by atoms with E-state index in [4.69, 9.17) is 0 Å². The number of rotatable bonds is 0. The number of carbonyl (C=O) groups excluding carboxylic acids is 1. The summed E-state index contributed by atoms with van der Waals surface area (Å²) in [4.78, 5) is 17.6. The van der Waals surface area contributed by atoms with Crippen molar-refractivity contribution in [3.8, 4) is 0 Å². The molecule has 0 spiro atoms. The Morgan fingerprint density at radius 3 is 3.20 bits per heavy atom. The molecule has 0 bridgehead atoms. The van der Waals surface area contributed by atoms with Crippen LogP contribution in [0.25, 0.3) is 0 Å². The van der Waals surface area contributed by atoms with E-state index in [0.29, 0.717) is 12.0 Å². The minimum atomic E-state index is -0.0457. The van der Waals surface area contributed by atoms with Crippen LogP contribution < -0.4 is 5.32 Å². The largest absolute Gasteiger partial charge is 0.346 e. The highest BCUT2D eigenvalue weighted by molar-refractivity contribution is 5.77. The summed E-state index contributed by atoms with van der Waals surface area (Å²) in [5.41, 5.74) is 0. The van der Waals surface area contributed by atoms with Crippen molar-refractivity contribution >= 4 is 6.03 Å². The van der Waals surface area contributed by atoms with Crippen LogP contribution >= 0.6 is 0 Å². The molecule has 0 radical (unpaired) electrons. The quantitative estimate of drug-likeness (QED) is 0.625. The Labute approximate surface area is 87.3 Å². The van der Waals surface area contributed by atoms with Crippen LogP contribution in [-0.4, -0.2) is 51.4 Å². The standard InChI is InChI=1S/C9H13N5O/c15-9(14-6-11-5-12-14)13-4-7-3-10-2-1-8(7)13/h5-8,10H,1-4H2. The van der Waals surface area contributed by atoms with Gasteiger partial charge in [0.05, 0.1) is 0 Å². The van der Waals surface area contributed by atoms with Gasteiger partial charge >= 0.3 is 6.03 Å². The van der Waals surface area contributed by atoms with Crippen LogP contribution in [0.15, 0.2) is 12.7 Å². The van der Waals surface area contributed by atoms with Crippen LogP contribution in [0.3, 0.4) is 0 Å². The molecule has 0 aliphatic carbocycles. The van der Waals surface area contributed by atoms with Crippen molar-refractivity contribution in [2.24, 2.45) is 5.92 Å². The average molecular weight is 207 g/mol. The Morgan fingerprint density at radius 1 is 1.53 bits per heavy atom. The lowest BCUT2D eigenvalue weighted by atomic mass is 9.84. The predicted octanol–water partition coefficient (Wildman–Crippen LogP) is -0.460. The van der Waals surface area contributed by atoms with Crippen molar-refractivity contribution in [3.05, 3.63) is 12.7 Å².